The second kappa shape index (κ2) is 9.75. The van der Waals surface area contributed by atoms with Gasteiger partial charge in [0.2, 0.25) is 5.91 Å². The van der Waals surface area contributed by atoms with Crippen LogP contribution in [0.3, 0.4) is 0 Å². The van der Waals surface area contributed by atoms with Gasteiger partial charge in [-0.05, 0) is 58.8 Å². The average molecular weight is 413 g/mol. The maximum absolute atomic E-state index is 13.3. The number of nitrogens with zero attached hydrogens (tertiary/aromatic N) is 2. The Balaban J connectivity index is 1.77. The molecule has 0 radical (unpaired) electrons. The quantitative estimate of drug-likeness (QED) is 0.576. The van der Waals surface area contributed by atoms with Gasteiger partial charge in [0.1, 0.15) is 5.82 Å². The number of guanidine groups is 1. The number of likely N-dealkylation sites (tertiary alicyclic amines) is 1. The highest BCUT2D eigenvalue weighted by Gasteiger charge is 2.22. The van der Waals surface area contributed by atoms with E-state index in [9.17, 15) is 9.18 Å². The number of carbonyl (C=O) groups is 1. The molecule has 0 atom stereocenters. The van der Waals surface area contributed by atoms with Crippen molar-refractivity contribution in [2.75, 3.05) is 33.7 Å². The SMILES string of the molecule is CN=C(NCCc1ccc(F)c(Br)c1)N1CCC(CC(=O)NC)CC1. The first-order valence-electron chi connectivity index (χ1n) is 8.63. The summed E-state index contributed by atoms with van der Waals surface area (Å²) in [6.45, 7) is 2.55. The Hall–Kier alpha value is -1.63. The molecule has 0 aromatic heterocycles. The lowest BCUT2D eigenvalue weighted by molar-refractivity contribution is -0.121. The second-order valence-electron chi connectivity index (χ2n) is 6.28. The summed E-state index contributed by atoms with van der Waals surface area (Å²) in [5.74, 6) is 1.21. The zero-order valence-corrected chi connectivity index (χ0v) is 16.4. The van der Waals surface area contributed by atoms with Crippen LogP contribution in [0.5, 0.6) is 0 Å². The zero-order valence-electron chi connectivity index (χ0n) is 14.8. The molecular weight excluding hydrogens is 387 g/mol. The number of nitrogens with one attached hydrogen (secondary N) is 2. The minimum absolute atomic E-state index is 0.117. The van der Waals surface area contributed by atoms with E-state index in [2.05, 4.69) is 36.5 Å². The Labute approximate surface area is 157 Å². The molecule has 138 valence electrons. The maximum atomic E-state index is 13.3. The van der Waals surface area contributed by atoms with E-state index in [1.165, 1.54) is 6.07 Å². The standard InChI is InChI=1S/C18H26BrFN4O/c1-21-17(25)12-14-6-9-24(10-7-14)18(22-2)23-8-5-13-3-4-16(20)15(19)11-13/h3-4,11,14H,5-10,12H2,1-2H3,(H,21,25)(H,22,23). The number of halogens is 2. The number of hydrogen-bond donors (Lipinski definition) is 2. The van der Waals surface area contributed by atoms with Crippen molar-refractivity contribution >= 4 is 27.8 Å². The molecule has 1 aromatic rings. The van der Waals surface area contributed by atoms with Gasteiger partial charge in [-0.1, -0.05) is 6.07 Å². The Kier molecular flexibility index (Phi) is 7.68. The van der Waals surface area contributed by atoms with Gasteiger partial charge in [0, 0.05) is 40.2 Å². The van der Waals surface area contributed by atoms with E-state index in [-0.39, 0.29) is 11.7 Å². The van der Waals surface area contributed by atoms with Crippen molar-refractivity contribution in [3.05, 3.63) is 34.1 Å². The van der Waals surface area contributed by atoms with Gasteiger partial charge in [0.15, 0.2) is 5.96 Å². The lowest BCUT2D eigenvalue weighted by Gasteiger charge is -2.34. The average Bonchev–Trinajstić information content (AvgIpc) is 2.62. The zero-order chi connectivity index (χ0) is 18.2. The van der Waals surface area contributed by atoms with Crippen molar-refractivity contribution in [2.45, 2.75) is 25.7 Å². The van der Waals surface area contributed by atoms with E-state index >= 15 is 0 Å². The van der Waals surface area contributed by atoms with Crippen LogP contribution in [0, 0.1) is 11.7 Å². The number of rotatable bonds is 5. The van der Waals surface area contributed by atoms with Crippen molar-refractivity contribution in [3.63, 3.8) is 0 Å². The van der Waals surface area contributed by atoms with Crippen LogP contribution in [0.1, 0.15) is 24.8 Å². The normalized spacial score (nSPS) is 16.0. The summed E-state index contributed by atoms with van der Waals surface area (Å²) in [6.07, 6.45) is 3.40. The fraction of sp³-hybridized carbons (Fsp3) is 0.556. The number of carbonyl (C=O) groups excluding carboxylic acids is 1. The molecule has 0 spiro atoms. The number of aliphatic imine (C=N–C) groups is 1. The fourth-order valence-corrected chi connectivity index (χ4v) is 3.49. The molecule has 2 N–H and O–H groups in total. The highest BCUT2D eigenvalue weighted by molar-refractivity contribution is 9.10. The number of amides is 1. The van der Waals surface area contributed by atoms with Crippen LogP contribution in [0.4, 0.5) is 4.39 Å². The van der Waals surface area contributed by atoms with Gasteiger partial charge in [-0.15, -0.1) is 0 Å². The largest absolute Gasteiger partial charge is 0.359 e. The smallest absolute Gasteiger partial charge is 0.220 e. The molecule has 1 aliphatic rings. The van der Waals surface area contributed by atoms with E-state index < -0.39 is 0 Å². The van der Waals surface area contributed by atoms with E-state index in [1.54, 1.807) is 20.2 Å². The van der Waals surface area contributed by atoms with Crippen LogP contribution in [0.15, 0.2) is 27.7 Å². The van der Waals surface area contributed by atoms with Gasteiger partial charge < -0.3 is 15.5 Å². The molecule has 1 aromatic carbocycles. The first kappa shape index (κ1) is 19.7. The predicted molar refractivity (Wildman–Crippen MR) is 102 cm³/mol. The Morgan fingerprint density at radius 2 is 2.12 bits per heavy atom. The van der Waals surface area contributed by atoms with Gasteiger partial charge in [0.05, 0.1) is 4.47 Å². The fourth-order valence-electron chi connectivity index (χ4n) is 3.06. The molecule has 25 heavy (non-hydrogen) atoms. The summed E-state index contributed by atoms with van der Waals surface area (Å²) in [5, 5.41) is 6.07. The predicted octanol–water partition coefficient (Wildman–Crippen LogP) is 2.55. The summed E-state index contributed by atoms with van der Waals surface area (Å²) >= 11 is 3.21. The Morgan fingerprint density at radius 1 is 1.40 bits per heavy atom. The van der Waals surface area contributed by atoms with Gasteiger partial charge in [0.25, 0.3) is 0 Å². The van der Waals surface area contributed by atoms with E-state index in [0.717, 1.165) is 50.4 Å². The molecule has 1 saturated heterocycles. The first-order valence-corrected chi connectivity index (χ1v) is 9.43. The lowest BCUT2D eigenvalue weighted by Crippen LogP contribution is -2.46. The van der Waals surface area contributed by atoms with Crippen LogP contribution in [-0.2, 0) is 11.2 Å². The minimum atomic E-state index is -0.243. The molecule has 5 nitrogen and oxygen atoms in total. The molecule has 0 aliphatic carbocycles. The second-order valence-corrected chi connectivity index (χ2v) is 7.13. The van der Waals surface area contributed by atoms with Crippen LogP contribution in [0.2, 0.25) is 0 Å². The Morgan fingerprint density at radius 3 is 2.72 bits per heavy atom. The van der Waals surface area contributed by atoms with E-state index in [1.807, 2.05) is 6.07 Å². The van der Waals surface area contributed by atoms with Gasteiger partial charge in [-0.2, -0.15) is 0 Å². The minimum Gasteiger partial charge on any atom is -0.359 e. The first-order chi connectivity index (χ1) is 12.0. The van der Waals surface area contributed by atoms with Gasteiger partial charge in [-0.3, -0.25) is 9.79 Å². The molecule has 1 fully saturated rings. The van der Waals surface area contributed by atoms with Crippen molar-refractivity contribution in [2.24, 2.45) is 10.9 Å². The molecule has 0 unspecified atom stereocenters. The highest BCUT2D eigenvalue weighted by atomic mass is 79.9. The number of benzene rings is 1. The lowest BCUT2D eigenvalue weighted by atomic mass is 9.93. The monoisotopic (exact) mass is 412 g/mol. The molecule has 0 bridgehead atoms. The molecule has 1 heterocycles. The molecule has 1 aliphatic heterocycles. The van der Waals surface area contributed by atoms with Crippen LogP contribution < -0.4 is 10.6 Å². The van der Waals surface area contributed by atoms with E-state index in [0.29, 0.717) is 16.8 Å². The van der Waals surface area contributed by atoms with Crippen LogP contribution >= 0.6 is 15.9 Å². The summed E-state index contributed by atoms with van der Waals surface area (Å²) in [6, 6.07) is 5.09. The maximum Gasteiger partial charge on any atom is 0.220 e. The number of hydrogen-bond acceptors (Lipinski definition) is 2. The number of piperidine rings is 1. The van der Waals surface area contributed by atoms with Crippen molar-refractivity contribution < 1.29 is 9.18 Å². The van der Waals surface area contributed by atoms with Crippen LogP contribution in [-0.4, -0.2) is 50.5 Å². The van der Waals surface area contributed by atoms with Crippen LogP contribution in [0.25, 0.3) is 0 Å². The summed E-state index contributed by atoms with van der Waals surface area (Å²) in [4.78, 5) is 18.1. The summed E-state index contributed by atoms with van der Waals surface area (Å²) in [5.41, 5.74) is 1.07. The molecule has 1 amide bonds. The van der Waals surface area contributed by atoms with Crippen molar-refractivity contribution in [1.82, 2.24) is 15.5 Å². The van der Waals surface area contributed by atoms with Gasteiger partial charge in [-0.25, -0.2) is 4.39 Å². The molecule has 7 heteroatoms. The molecule has 0 saturated carbocycles. The molecular formula is C18H26BrFN4O. The van der Waals surface area contributed by atoms with E-state index in [4.69, 9.17) is 0 Å². The summed E-state index contributed by atoms with van der Waals surface area (Å²) < 4.78 is 13.8. The van der Waals surface area contributed by atoms with Gasteiger partial charge >= 0.3 is 0 Å². The third kappa shape index (κ3) is 5.99. The Bertz CT molecular complexity index is 615. The molecule has 2 rings (SSSR count). The van der Waals surface area contributed by atoms with Crippen molar-refractivity contribution in [1.29, 1.82) is 0 Å². The topological polar surface area (TPSA) is 56.7 Å². The summed E-state index contributed by atoms with van der Waals surface area (Å²) in [7, 11) is 3.47. The third-order valence-electron chi connectivity index (χ3n) is 4.56. The van der Waals surface area contributed by atoms with Crippen molar-refractivity contribution in [3.8, 4) is 0 Å². The third-order valence-corrected chi connectivity index (χ3v) is 5.17. The highest BCUT2D eigenvalue weighted by Crippen LogP contribution is 2.20.